The van der Waals surface area contributed by atoms with Gasteiger partial charge in [-0.05, 0) is 67.1 Å². The van der Waals surface area contributed by atoms with Crippen LogP contribution in [0.4, 0.5) is 9.18 Å². The Morgan fingerprint density at radius 1 is 1.06 bits per heavy atom. The summed E-state index contributed by atoms with van der Waals surface area (Å²) < 4.78 is 24.6. The van der Waals surface area contributed by atoms with Crippen LogP contribution in [-0.2, 0) is 11.2 Å². The Balaban J connectivity index is 1.61. The molecule has 0 saturated heterocycles. The van der Waals surface area contributed by atoms with E-state index in [2.05, 4.69) is 10.6 Å². The summed E-state index contributed by atoms with van der Waals surface area (Å²) in [5.41, 5.74) is 2.68. The Bertz CT molecular complexity index is 1040. The molecular formula is C26H32FN3O4. The largest absolute Gasteiger partial charge is 0.493 e. The van der Waals surface area contributed by atoms with Crippen molar-refractivity contribution in [1.29, 1.82) is 0 Å². The number of benzene rings is 2. The SMILES string of the molecule is COc1cc2c(cc1OC)C(c1ccc(F)cc1)N(C(=O)N[C@H](C)C(=O)NC1CCCC1)CC2. The van der Waals surface area contributed by atoms with Gasteiger partial charge in [-0.15, -0.1) is 0 Å². The van der Waals surface area contributed by atoms with Gasteiger partial charge in [-0.1, -0.05) is 25.0 Å². The Morgan fingerprint density at radius 3 is 2.35 bits per heavy atom. The lowest BCUT2D eigenvalue weighted by molar-refractivity contribution is -0.123. The van der Waals surface area contributed by atoms with Crippen LogP contribution in [0.15, 0.2) is 36.4 Å². The Morgan fingerprint density at radius 2 is 1.71 bits per heavy atom. The molecule has 1 heterocycles. The molecule has 2 atom stereocenters. The van der Waals surface area contributed by atoms with E-state index in [9.17, 15) is 14.0 Å². The summed E-state index contributed by atoms with van der Waals surface area (Å²) in [4.78, 5) is 27.7. The average molecular weight is 470 g/mol. The molecular weight excluding hydrogens is 437 g/mol. The van der Waals surface area contributed by atoms with Crippen LogP contribution in [0.5, 0.6) is 11.5 Å². The highest BCUT2D eigenvalue weighted by Crippen LogP contribution is 2.41. The van der Waals surface area contributed by atoms with E-state index in [0.717, 1.165) is 42.4 Å². The number of halogens is 1. The molecule has 4 rings (SSSR count). The molecule has 0 spiro atoms. The molecule has 8 heteroatoms. The molecule has 2 aromatic carbocycles. The van der Waals surface area contributed by atoms with E-state index < -0.39 is 12.1 Å². The topological polar surface area (TPSA) is 79.9 Å². The third-order valence-corrected chi connectivity index (χ3v) is 6.76. The molecule has 1 unspecified atom stereocenters. The second kappa shape index (κ2) is 10.3. The van der Waals surface area contributed by atoms with E-state index in [1.165, 1.54) is 12.1 Å². The average Bonchev–Trinajstić information content (AvgIpc) is 3.35. The summed E-state index contributed by atoms with van der Waals surface area (Å²) in [6.45, 7) is 2.13. The van der Waals surface area contributed by atoms with Gasteiger partial charge in [0.05, 0.1) is 20.3 Å². The van der Waals surface area contributed by atoms with Gasteiger partial charge in [0.1, 0.15) is 11.9 Å². The summed E-state index contributed by atoms with van der Waals surface area (Å²) >= 11 is 0. The van der Waals surface area contributed by atoms with Gasteiger partial charge in [0.2, 0.25) is 5.91 Å². The standard InChI is InChI=1S/C26H32FN3O4/c1-16(25(31)29-20-6-4-5-7-20)28-26(32)30-13-12-18-14-22(33-2)23(34-3)15-21(18)24(30)17-8-10-19(27)11-9-17/h8-11,14-16,20,24H,4-7,12-13H2,1-3H3,(H,28,32)(H,29,31)/t16-,24?/m1/s1. The minimum atomic E-state index is -0.672. The number of amides is 3. The molecule has 7 nitrogen and oxygen atoms in total. The summed E-state index contributed by atoms with van der Waals surface area (Å²) in [6, 6.07) is 8.64. The van der Waals surface area contributed by atoms with E-state index in [1.807, 2.05) is 12.1 Å². The van der Waals surface area contributed by atoms with Crippen LogP contribution in [-0.4, -0.2) is 49.7 Å². The van der Waals surface area contributed by atoms with Gasteiger partial charge in [-0.3, -0.25) is 4.79 Å². The van der Waals surface area contributed by atoms with Crippen molar-refractivity contribution in [3.05, 3.63) is 58.9 Å². The minimum Gasteiger partial charge on any atom is -0.493 e. The first-order valence-electron chi connectivity index (χ1n) is 11.8. The van der Waals surface area contributed by atoms with Gasteiger partial charge in [-0.25, -0.2) is 9.18 Å². The van der Waals surface area contributed by atoms with Crippen LogP contribution < -0.4 is 20.1 Å². The smallest absolute Gasteiger partial charge is 0.318 e. The van der Waals surface area contributed by atoms with Crippen LogP contribution in [0.1, 0.15) is 55.3 Å². The number of ether oxygens (including phenoxy) is 2. The van der Waals surface area contributed by atoms with Gasteiger partial charge in [0, 0.05) is 12.6 Å². The Labute approximate surface area is 199 Å². The molecule has 0 radical (unpaired) electrons. The molecule has 1 saturated carbocycles. The fourth-order valence-electron chi connectivity index (χ4n) is 4.90. The summed E-state index contributed by atoms with van der Waals surface area (Å²) in [7, 11) is 3.15. The zero-order valence-corrected chi connectivity index (χ0v) is 19.9. The van der Waals surface area contributed by atoms with Crippen molar-refractivity contribution in [3.63, 3.8) is 0 Å². The fraction of sp³-hybridized carbons (Fsp3) is 0.462. The van der Waals surface area contributed by atoms with Gasteiger partial charge in [0.15, 0.2) is 11.5 Å². The second-order valence-corrected chi connectivity index (χ2v) is 8.96. The fourth-order valence-corrected chi connectivity index (χ4v) is 4.90. The van der Waals surface area contributed by atoms with E-state index in [4.69, 9.17) is 9.47 Å². The number of methoxy groups -OCH3 is 2. The monoisotopic (exact) mass is 469 g/mol. The summed E-state index contributed by atoms with van der Waals surface area (Å²) in [6.07, 6.45) is 4.81. The number of nitrogens with zero attached hydrogens (tertiary/aromatic N) is 1. The molecule has 0 bridgehead atoms. The van der Waals surface area contributed by atoms with Gasteiger partial charge >= 0.3 is 6.03 Å². The van der Waals surface area contributed by atoms with E-state index in [0.29, 0.717) is 24.5 Å². The van der Waals surface area contributed by atoms with Crippen LogP contribution in [0, 0.1) is 5.82 Å². The molecule has 182 valence electrons. The van der Waals surface area contributed by atoms with Crippen LogP contribution in [0.25, 0.3) is 0 Å². The predicted molar refractivity (Wildman–Crippen MR) is 127 cm³/mol. The molecule has 2 aliphatic rings. The summed E-state index contributed by atoms with van der Waals surface area (Å²) in [5, 5.41) is 5.90. The van der Waals surface area contributed by atoms with Crippen molar-refractivity contribution < 1.29 is 23.5 Å². The first-order chi connectivity index (χ1) is 16.4. The van der Waals surface area contributed by atoms with Gasteiger partial charge in [0.25, 0.3) is 0 Å². The molecule has 2 N–H and O–H groups in total. The lowest BCUT2D eigenvalue weighted by Crippen LogP contribution is -2.53. The van der Waals surface area contributed by atoms with Crippen LogP contribution in [0.2, 0.25) is 0 Å². The minimum absolute atomic E-state index is 0.178. The predicted octanol–water partition coefficient (Wildman–Crippen LogP) is 3.95. The molecule has 1 aliphatic heterocycles. The molecule has 1 aliphatic carbocycles. The van der Waals surface area contributed by atoms with Crippen molar-refractivity contribution >= 4 is 11.9 Å². The molecule has 0 aromatic heterocycles. The van der Waals surface area contributed by atoms with Crippen LogP contribution in [0.3, 0.4) is 0 Å². The van der Waals surface area contributed by atoms with Crippen molar-refractivity contribution in [2.24, 2.45) is 0 Å². The van der Waals surface area contributed by atoms with Gasteiger partial charge < -0.3 is 25.0 Å². The number of hydrogen-bond acceptors (Lipinski definition) is 4. The molecule has 2 aromatic rings. The molecule has 34 heavy (non-hydrogen) atoms. The zero-order chi connectivity index (χ0) is 24.2. The van der Waals surface area contributed by atoms with E-state index >= 15 is 0 Å². The number of carbonyl (C=O) groups excluding carboxylic acids is 2. The first-order valence-corrected chi connectivity index (χ1v) is 11.8. The molecule has 3 amide bonds. The number of nitrogens with one attached hydrogen (secondary N) is 2. The quantitative estimate of drug-likeness (QED) is 0.672. The highest BCUT2D eigenvalue weighted by molar-refractivity contribution is 5.87. The van der Waals surface area contributed by atoms with E-state index in [-0.39, 0.29) is 23.8 Å². The lowest BCUT2D eigenvalue weighted by atomic mass is 9.88. The number of urea groups is 1. The van der Waals surface area contributed by atoms with Gasteiger partial charge in [-0.2, -0.15) is 0 Å². The maximum Gasteiger partial charge on any atom is 0.318 e. The number of hydrogen-bond donors (Lipinski definition) is 2. The maximum absolute atomic E-state index is 13.7. The van der Waals surface area contributed by atoms with Crippen molar-refractivity contribution in [2.45, 2.75) is 57.2 Å². The summed E-state index contributed by atoms with van der Waals surface area (Å²) in [5.74, 6) is 0.650. The Kier molecular flexibility index (Phi) is 7.24. The first kappa shape index (κ1) is 23.9. The number of carbonyl (C=O) groups is 2. The zero-order valence-electron chi connectivity index (χ0n) is 19.9. The normalized spacial score (nSPS) is 18.7. The lowest BCUT2D eigenvalue weighted by Gasteiger charge is -2.38. The number of rotatable bonds is 6. The third kappa shape index (κ3) is 4.95. The second-order valence-electron chi connectivity index (χ2n) is 8.96. The number of fused-ring (bicyclic) bond motifs is 1. The van der Waals surface area contributed by atoms with E-state index in [1.54, 1.807) is 38.2 Å². The van der Waals surface area contributed by atoms with Crippen molar-refractivity contribution in [2.75, 3.05) is 20.8 Å². The van der Waals surface area contributed by atoms with Crippen molar-refractivity contribution in [1.82, 2.24) is 15.5 Å². The van der Waals surface area contributed by atoms with Crippen molar-refractivity contribution in [3.8, 4) is 11.5 Å². The van der Waals surface area contributed by atoms with Crippen LogP contribution >= 0.6 is 0 Å². The Hall–Kier alpha value is -3.29. The highest BCUT2D eigenvalue weighted by Gasteiger charge is 2.34. The maximum atomic E-state index is 13.7. The third-order valence-electron chi connectivity index (χ3n) is 6.76. The highest BCUT2D eigenvalue weighted by atomic mass is 19.1. The molecule has 1 fully saturated rings.